The molecule has 0 unspecified atom stereocenters. The third-order valence-electron chi connectivity index (χ3n) is 5.69. The molecule has 3 aromatic rings. The quantitative estimate of drug-likeness (QED) is 0.492. The molecule has 0 spiro atoms. The van der Waals surface area contributed by atoms with Crippen LogP contribution in [-0.2, 0) is 4.79 Å². The third kappa shape index (κ3) is 4.95. The highest BCUT2D eigenvalue weighted by Gasteiger charge is 2.29. The van der Waals surface area contributed by atoms with Crippen LogP contribution in [0.5, 0.6) is 0 Å². The molecule has 0 radical (unpaired) electrons. The number of thioether (sulfide) groups is 1. The van der Waals surface area contributed by atoms with Crippen LogP contribution < -0.4 is 5.32 Å². The minimum Gasteiger partial charge on any atom is -0.324 e. The molecule has 1 N–H and O–H groups in total. The third-order valence-corrected chi connectivity index (χ3v) is 6.87. The number of nitrogens with zero attached hydrogens (tertiary/aromatic N) is 5. The van der Waals surface area contributed by atoms with Crippen LogP contribution in [0.3, 0.4) is 0 Å². The Morgan fingerprint density at radius 1 is 1.31 bits per heavy atom. The van der Waals surface area contributed by atoms with Crippen molar-refractivity contribution < 1.29 is 4.79 Å². The SMILES string of the molecule is C[C@H]1CCCC[C@@H]1n1c(SCC(=O)Nc2cc(Cl)ccc2C#N)nnc1-c1cccnc1. The number of carbonyl (C=O) groups excluding carboxylic acids is 1. The monoisotopic (exact) mass is 466 g/mol. The molecule has 32 heavy (non-hydrogen) atoms. The van der Waals surface area contributed by atoms with Crippen LogP contribution in [0.2, 0.25) is 5.02 Å². The van der Waals surface area contributed by atoms with E-state index in [1.807, 2.05) is 12.1 Å². The Morgan fingerprint density at radius 3 is 2.91 bits per heavy atom. The fourth-order valence-electron chi connectivity index (χ4n) is 4.08. The standard InChI is InChI=1S/C23H23ClN6OS/c1-15-5-2-3-7-20(15)30-22(17-6-4-10-26-13-17)28-29-23(30)32-14-21(31)27-19-11-18(24)9-8-16(19)12-25/h4,6,8-11,13,15,20H,2-3,5,7,14H2,1H3,(H,27,31)/t15-,20-/m0/s1. The molecular weight excluding hydrogens is 444 g/mol. The van der Waals surface area contributed by atoms with E-state index in [-0.39, 0.29) is 17.7 Å². The molecule has 0 saturated heterocycles. The first-order chi connectivity index (χ1) is 15.6. The van der Waals surface area contributed by atoms with Crippen LogP contribution >= 0.6 is 23.4 Å². The van der Waals surface area contributed by atoms with Crippen molar-refractivity contribution in [3.8, 4) is 17.5 Å². The average Bonchev–Trinajstić information content (AvgIpc) is 3.22. The largest absolute Gasteiger partial charge is 0.324 e. The summed E-state index contributed by atoms with van der Waals surface area (Å²) >= 11 is 7.36. The van der Waals surface area contributed by atoms with E-state index in [1.165, 1.54) is 18.2 Å². The van der Waals surface area contributed by atoms with E-state index in [0.29, 0.717) is 27.3 Å². The number of aromatic nitrogens is 4. The molecule has 1 aromatic carbocycles. The number of amides is 1. The van der Waals surface area contributed by atoms with Gasteiger partial charge in [-0.3, -0.25) is 14.3 Å². The maximum Gasteiger partial charge on any atom is 0.234 e. The van der Waals surface area contributed by atoms with Crippen molar-refractivity contribution in [2.45, 2.75) is 43.8 Å². The lowest BCUT2D eigenvalue weighted by Gasteiger charge is -2.31. The van der Waals surface area contributed by atoms with Crippen LogP contribution in [0.4, 0.5) is 5.69 Å². The van der Waals surface area contributed by atoms with Crippen molar-refractivity contribution >= 4 is 35.0 Å². The Morgan fingerprint density at radius 2 is 2.16 bits per heavy atom. The number of anilines is 1. The zero-order valence-corrected chi connectivity index (χ0v) is 19.2. The number of nitrogens with one attached hydrogen (secondary N) is 1. The van der Waals surface area contributed by atoms with Crippen molar-refractivity contribution in [3.63, 3.8) is 0 Å². The van der Waals surface area contributed by atoms with E-state index < -0.39 is 0 Å². The van der Waals surface area contributed by atoms with E-state index in [1.54, 1.807) is 30.6 Å². The highest BCUT2D eigenvalue weighted by molar-refractivity contribution is 7.99. The Balaban J connectivity index is 1.56. The lowest BCUT2D eigenvalue weighted by atomic mass is 9.85. The maximum absolute atomic E-state index is 12.6. The van der Waals surface area contributed by atoms with Crippen LogP contribution in [-0.4, -0.2) is 31.4 Å². The summed E-state index contributed by atoms with van der Waals surface area (Å²) in [4.78, 5) is 16.9. The second-order valence-electron chi connectivity index (χ2n) is 7.89. The fraction of sp³-hybridized carbons (Fsp3) is 0.348. The Bertz CT molecular complexity index is 1140. The van der Waals surface area contributed by atoms with Crippen LogP contribution in [0, 0.1) is 17.2 Å². The number of halogens is 1. The first-order valence-electron chi connectivity index (χ1n) is 10.5. The van der Waals surface area contributed by atoms with Gasteiger partial charge in [-0.1, -0.05) is 43.1 Å². The lowest BCUT2D eigenvalue weighted by Crippen LogP contribution is -2.23. The van der Waals surface area contributed by atoms with Gasteiger partial charge in [-0.05, 0) is 49.1 Å². The van der Waals surface area contributed by atoms with Gasteiger partial charge in [-0.25, -0.2) is 0 Å². The molecule has 1 aliphatic carbocycles. The molecule has 9 heteroatoms. The molecule has 1 saturated carbocycles. The van der Waals surface area contributed by atoms with Gasteiger partial charge in [0.05, 0.1) is 17.0 Å². The van der Waals surface area contributed by atoms with Crippen molar-refractivity contribution in [1.29, 1.82) is 5.26 Å². The number of benzene rings is 1. The topological polar surface area (TPSA) is 96.5 Å². The van der Waals surface area contributed by atoms with Gasteiger partial charge in [-0.2, -0.15) is 5.26 Å². The minimum atomic E-state index is -0.233. The Kier molecular flexibility index (Phi) is 7.08. The molecule has 2 atom stereocenters. The number of rotatable bonds is 6. The summed E-state index contributed by atoms with van der Waals surface area (Å²) in [5.41, 5.74) is 1.68. The van der Waals surface area contributed by atoms with Crippen LogP contribution in [0.15, 0.2) is 47.9 Å². The van der Waals surface area contributed by atoms with Gasteiger partial charge in [0.25, 0.3) is 0 Å². The van der Waals surface area contributed by atoms with Crippen molar-refractivity contribution in [2.75, 3.05) is 11.1 Å². The zero-order valence-electron chi connectivity index (χ0n) is 17.7. The van der Waals surface area contributed by atoms with Crippen LogP contribution in [0.25, 0.3) is 11.4 Å². The summed E-state index contributed by atoms with van der Waals surface area (Å²) in [7, 11) is 0. The van der Waals surface area contributed by atoms with Gasteiger partial charge < -0.3 is 5.32 Å². The molecule has 164 valence electrons. The van der Waals surface area contributed by atoms with Gasteiger partial charge in [0, 0.05) is 29.0 Å². The average molecular weight is 467 g/mol. The number of hydrogen-bond donors (Lipinski definition) is 1. The first kappa shape index (κ1) is 22.3. The minimum absolute atomic E-state index is 0.143. The predicted molar refractivity (Wildman–Crippen MR) is 125 cm³/mol. The van der Waals surface area contributed by atoms with Crippen LogP contribution in [0.1, 0.15) is 44.2 Å². The van der Waals surface area contributed by atoms with Gasteiger partial charge in [0.15, 0.2) is 11.0 Å². The molecule has 7 nitrogen and oxygen atoms in total. The number of nitriles is 1. The van der Waals surface area contributed by atoms with Gasteiger partial charge in [0.1, 0.15) is 6.07 Å². The number of carbonyl (C=O) groups is 1. The summed E-state index contributed by atoms with van der Waals surface area (Å²) in [6.07, 6.45) is 8.13. The smallest absolute Gasteiger partial charge is 0.234 e. The van der Waals surface area contributed by atoms with E-state index in [0.717, 1.165) is 30.7 Å². The zero-order chi connectivity index (χ0) is 22.5. The predicted octanol–water partition coefficient (Wildman–Crippen LogP) is 5.35. The number of pyridine rings is 1. The molecule has 1 amide bonds. The second-order valence-corrected chi connectivity index (χ2v) is 9.26. The fourth-order valence-corrected chi connectivity index (χ4v) is 5.04. The van der Waals surface area contributed by atoms with E-state index in [9.17, 15) is 10.1 Å². The molecule has 0 aliphatic heterocycles. The number of hydrogen-bond acceptors (Lipinski definition) is 6. The highest BCUT2D eigenvalue weighted by Crippen LogP contribution is 2.38. The van der Waals surface area contributed by atoms with Gasteiger partial charge in [-0.15, -0.1) is 10.2 Å². The molecule has 2 heterocycles. The molecule has 1 fully saturated rings. The van der Waals surface area contributed by atoms with E-state index in [2.05, 4.69) is 38.1 Å². The summed E-state index contributed by atoms with van der Waals surface area (Å²) < 4.78 is 2.18. The van der Waals surface area contributed by atoms with Gasteiger partial charge in [0.2, 0.25) is 5.91 Å². The molecule has 0 bridgehead atoms. The Hall–Kier alpha value is -2.89. The summed E-state index contributed by atoms with van der Waals surface area (Å²) in [6.45, 7) is 2.26. The summed E-state index contributed by atoms with van der Waals surface area (Å²) in [5, 5.41) is 22.1. The van der Waals surface area contributed by atoms with Crippen molar-refractivity contribution in [2.24, 2.45) is 5.92 Å². The second kappa shape index (κ2) is 10.2. The highest BCUT2D eigenvalue weighted by atomic mass is 35.5. The Labute approximate surface area is 196 Å². The van der Waals surface area contributed by atoms with E-state index in [4.69, 9.17) is 11.6 Å². The molecule has 1 aliphatic rings. The van der Waals surface area contributed by atoms with Crippen molar-refractivity contribution in [3.05, 3.63) is 53.3 Å². The molecule has 4 rings (SSSR count). The normalized spacial score (nSPS) is 18.2. The van der Waals surface area contributed by atoms with E-state index >= 15 is 0 Å². The molecule has 2 aromatic heterocycles. The first-order valence-corrected chi connectivity index (χ1v) is 11.9. The summed E-state index contributed by atoms with van der Waals surface area (Å²) in [6, 6.07) is 11.0. The molecular formula is C23H23ClN6OS. The maximum atomic E-state index is 12.6. The lowest BCUT2D eigenvalue weighted by molar-refractivity contribution is -0.113. The van der Waals surface area contributed by atoms with Crippen molar-refractivity contribution in [1.82, 2.24) is 19.7 Å². The summed E-state index contributed by atoms with van der Waals surface area (Å²) in [5.74, 6) is 1.18. The van der Waals surface area contributed by atoms with Gasteiger partial charge >= 0.3 is 0 Å².